The van der Waals surface area contributed by atoms with Crippen molar-refractivity contribution in [2.24, 2.45) is 17.3 Å². The third kappa shape index (κ3) is 6.48. The summed E-state index contributed by atoms with van der Waals surface area (Å²) < 4.78 is 28.5. The van der Waals surface area contributed by atoms with Crippen LogP contribution < -0.4 is 0 Å². The first-order chi connectivity index (χ1) is 7.09. The molecule has 0 heterocycles. The van der Waals surface area contributed by atoms with E-state index in [1.165, 1.54) is 0 Å². The standard InChI is InChI=1S/C12H26O3S/c1-7-12(5,6)9-16(13,14)15-8-11(4)10(2)3/h10-11H,7-9H2,1-6H3. The lowest BCUT2D eigenvalue weighted by atomic mass is 9.93. The minimum atomic E-state index is -3.38. The minimum absolute atomic E-state index is 0.0985. The Morgan fingerprint density at radius 3 is 2.06 bits per heavy atom. The average molecular weight is 250 g/mol. The van der Waals surface area contributed by atoms with E-state index >= 15 is 0 Å². The molecule has 0 bridgehead atoms. The predicted molar refractivity (Wildman–Crippen MR) is 67.8 cm³/mol. The maximum Gasteiger partial charge on any atom is 0.267 e. The Bertz CT molecular complexity index is 291. The molecule has 0 fully saturated rings. The van der Waals surface area contributed by atoms with Crippen molar-refractivity contribution in [2.45, 2.75) is 48.0 Å². The first kappa shape index (κ1) is 15.9. The van der Waals surface area contributed by atoms with Gasteiger partial charge in [0.2, 0.25) is 0 Å². The molecule has 4 heteroatoms. The van der Waals surface area contributed by atoms with E-state index in [0.717, 1.165) is 6.42 Å². The lowest BCUT2D eigenvalue weighted by Crippen LogP contribution is -2.26. The van der Waals surface area contributed by atoms with E-state index in [-0.39, 0.29) is 17.1 Å². The molecular weight excluding hydrogens is 224 g/mol. The largest absolute Gasteiger partial charge is 0.270 e. The monoisotopic (exact) mass is 250 g/mol. The lowest BCUT2D eigenvalue weighted by Gasteiger charge is -2.22. The molecule has 16 heavy (non-hydrogen) atoms. The number of hydrogen-bond donors (Lipinski definition) is 0. The summed E-state index contributed by atoms with van der Waals surface area (Å²) in [7, 11) is -3.38. The van der Waals surface area contributed by atoms with Gasteiger partial charge in [0.25, 0.3) is 10.1 Å². The van der Waals surface area contributed by atoms with E-state index in [4.69, 9.17) is 4.18 Å². The van der Waals surface area contributed by atoms with Crippen LogP contribution in [0.15, 0.2) is 0 Å². The summed E-state index contributed by atoms with van der Waals surface area (Å²) in [6.07, 6.45) is 0.829. The molecular formula is C12H26O3S. The van der Waals surface area contributed by atoms with Crippen LogP contribution >= 0.6 is 0 Å². The van der Waals surface area contributed by atoms with Gasteiger partial charge in [-0.3, -0.25) is 4.18 Å². The molecule has 0 amide bonds. The molecule has 0 spiro atoms. The van der Waals surface area contributed by atoms with Gasteiger partial charge in [0.1, 0.15) is 0 Å². The molecule has 0 aliphatic heterocycles. The maximum absolute atomic E-state index is 11.7. The van der Waals surface area contributed by atoms with E-state index in [1.54, 1.807) is 0 Å². The van der Waals surface area contributed by atoms with Crippen LogP contribution in [0.1, 0.15) is 48.0 Å². The van der Waals surface area contributed by atoms with Gasteiger partial charge in [-0.1, -0.05) is 41.5 Å². The average Bonchev–Trinajstić information content (AvgIpc) is 2.12. The molecule has 0 aromatic carbocycles. The van der Waals surface area contributed by atoms with Crippen LogP contribution in [0.5, 0.6) is 0 Å². The predicted octanol–water partition coefficient (Wildman–Crippen LogP) is 3.06. The van der Waals surface area contributed by atoms with Crippen molar-refractivity contribution in [3.63, 3.8) is 0 Å². The van der Waals surface area contributed by atoms with Gasteiger partial charge in [0.05, 0.1) is 12.4 Å². The van der Waals surface area contributed by atoms with Crippen LogP contribution in [0.2, 0.25) is 0 Å². The Hall–Kier alpha value is -0.0900. The Labute approximate surface area is 101 Å². The van der Waals surface area contributed by atoms with Gasteiger partial charge in [0.15, 0.2) is 0 Å². The molecule has 0 N–H and O–H groups in total. The van der Waals surface area contributed by atoms with Crippen LogP contribution in [-0.2, 0) is 14.3 Å². The molecule has 0 aromatic rings. The van der Waals surface area contributed by atoms with Gasteiger partial charge in [-0.05, 0) is 23.7 Å². The summed E-state index contributed by atoms with van der Waals surface area (Å²) in [6, 6.07) is 0. The van der Waals surface area contributed by atoms with Crippen molar-refractivity contribution in [3.8, 4) is 0 Å². The van der Waals surface area contributed by atoms with Crippen LogP contribution in [0.25, 0.3) is 0 Å². The summed E-state index contributed by atoms with van der Waals surface area (Å²) in [5.74, 6) is 0.801. The van der Waals surface area contributed by atoms with Crippen LogP contribution in [0.4, 0.5) is 0 Å². The minimum Gasteiger partial charge on any atom is -0.270 e. The zero-order valence-electron chi connectivity index (χ0n) is 11.4. The Morgan fingerprint density at radius 1 is 1.19 bits per heavy atom. The summed E-state index contributed by atoms with van der Waals surface area (Å²) in [6.45, 7) is 12.3. The summed E-state index contributed by atoms with van der Waals surface area (Å²) >= 11 is 0. The molecule has 0 aliphatic carbocycles. The van der Waals surface area contributed by atoms with Crippen molar-refractivity contribution < 1.29 is 12.6 Å². The fourth-order valence-corrected chi connectivity index (χ4v) is 2.69. The Kier molecular flexibility index (Phi) is 5.98. The highest BCUT2D eigenvalue weighted by Gasteiger charge is 2.25. The molecule has 0 rings (SSSR count). The van der Waals surface area contributed by atoms with Crippen molar-refractivity contribution >= 4 is 10.1 Å². The Morgan fingerprint density at radius 2 is 1.69 bits per heavy atom. The molecule has 0 aromatic heterocycles. The molecule has 98 valence electrons. The number of hydrogen-bond acceptors (Lipinski definition) is 3. The Balaban J connectivity index is 4.27. The van der Waals surface area contributed by atoms with Crippen LogP contribution in [0.3, 0.4) is 0 Å². The van der Waals surface area contributed by atoms with Crippen molar-refractivity contribution in [1.82, 2.24) is 0 Å². The van der Waals surface area contributed by atoms with E-state index in [0.29, 0.717) is 12.5 Å². The van der Waals surface area contributed by atoms with E-state index in [2.05, 4.69) is 13.8 Å². The first-order valence-corrected chi connectivity index (χ1v) is 7.54. The van der Waals surface area contributed by atoms with Gasteiger partial charge in [-0.15, -0.1) is 0 Å². The molecule has 1 unspecified atom stereocenters. The van der Waals surface area contributed by atoms with Crippen molar-refractivity contribution in [1.29, 1.82) is 0 Å². The van der Waals surface area contributed by atoms with Crippen LogP contribution in [0, 0.1) is 17.3 Å². The summed E-state index contributed by atoms with van der Waals surface area (Å²) in [4.78, 5) is 0. The molecule has 0 aliphatic rings. The molecule has 0 saturated carbocycles. The maximum atomic E-state index is 11.7. The third-order valence-corrected chi connectivity index (χ3v) is 4.80. The first-order valence-electron chi connectivity index (χ1n) is 5.97. The molecule has 3 nitrogen and oxygen atoms in total. The van der Waals surface area contributed by atoms with Gasteiger partial charge in [-0.2, -0.15) is 8.42 Å². The highest BCUT2D eigenvalue weighted by molar-refractivity contribution is 7.86. The van der Waals surface area contributed by atoms with Gasteiger partial charge in [0, 0.05) is 0 Å². The second-order valence-electron chi connectivity index (χ2n) is 5.73. The topological polar surface area (TPSA) is 43.4 Å². The fourth-order valence-electron chi connectivity index (χ4n) is 1.03. The highest BCUT2D eigenvalue weighted by atomic mass is 32.2. The van der Waals surface area contributed by atoms with Gasteiger partial charge < -0.3 is 0 Å². The smallest absolute Gasteiger partial charge is 0.267 e. The van der Waals surface area contributed by atoms with Gasteiger partial charge in [-0.25, -0.2) is 0 Å². The zero-order chi connectivity index (χ0) is 13.0. The van der Waals surface area contributed by atoms with Crippen LogP contribution in [-0.4, -0.2) is 20.8 Å². The normalized spacial score (nSPS) is 15.4. The summed E-state index contributed by atoms with van der Waals surface area (Å²) in [5.41, 5.74) is -0.208. The quantitative estimate of drug-likeness (QED) is 0.652. The lowest BCUT2D eigenvalue weighted by molar-refractivity contribution is 0.223. The number of rotatable bonds is 7. The fraction of sp³-hybridized carbons (Fsp3) is 1.00. The zero-order valence-corrected chi connectivity index (χ0v) is 12.2. The van der Waals surface area contributed by atoms with Crippen molar-refractivity contribution in [3.05, 3.63) is 0 Å². The van der Waals surface area contributed by atoms with E-state index < -0.39 is 10.1 Å². The SMILES string of the molecule is CCC(C)(C)CS(=O)(=O)OCC(C)C(C)C. The second kappa shape index (κ2) is 6.01. The third-order valence-electron chi connectivity index (χ3n) is 3.17. The summed E-state index contributed by atoms with van der Waals surface area (Å²) in [5, 5.41) is 0. The molecule has 0 radical (unpaired) electrons. The van der Waals surface area contributed by atoms with E-state index in [9.17, 15) is 8.42 Å². The molecule has 1 atom stereocenters. The van der Waals surface area contributed by atoms with Crippen molar-refractivity contribution in [2.75, 3.05) is 12.4 Å². The highest BCUT2D eigenvalue weighted by Crippen LogP contribution is 2.23. The van der Waals surface area contributed by atoms with Gasteiger partial charge >= 0.3 is 0 Å². The molecule has 0 saturated heterocycles. The van der Waals surface area contributed by atoms with E-state index in [1.807, 2.05) is 27.7 Å². The second-order valence-corrected chi connectivity index (χ2v) is 7.37.